The van der Waals surface area contributed by atoms with Crippen LogP contribution >= 0.6 is 23.2 Å². The van der Waals surface area contributed by atoms with Crippen molar-refractivity contribution in [2.45, 2.75) is 57.1 Å². The molecule has 15 heteroatoms. The van der Waals surface area contributed by atoms with Crippen molar-refractivity contribution in [2.24, 2.45) is 0 Å². The molecule has 13 nitrogen and oxygen atoms in total. The summed E-state index contributed by atoms with van der Waals surface area (Å²) in [6.45, 7) is 0.329. The number of halogens is 2. The molecule has 1 aliphatic heterocycles. The molecule has 0 bridgehead atoms. The van der Waals surface area contributed by atoms with Gasteiger partial charge in [0, 0.05) is 61.7 Å². The normalized spacial score (nSPS) is 14.4. The third-order valence-electron chi connectivity index (χ3n) is 9.33. The number of carbonyl (C=O) groups is 2. The van der Waals surface area contributed by atoms with E-state index < -0.39 is 24.2 Å². The molecule has 0 unspecified atom stereocenters. The summed E-state index contributed by atoms with van der Waals surface area (Å²) >= 11 is 13.6. The van der Waals surface area contributed by atoms with E-state index in [1.54, 1.807) is 29.2 Å². The molecule has 1 amide bonds. The summed E-state index contributed by atoms with van der Waals surface area (Å²) in [5.41, 5.74) is 4.45. The number of nitriles is 1. The molecule has 5 aromatic rings. The first kappa shape index (κ1) is 38.5. The molecule has 1 saturated heterocycles. The molecule has 54 heavy (non-hydrogen) atoms. The van der Waals surface area contributed by atoms with E-state index in [4.69, 9.17) is 42.6 Å². The first-order valence-corrected chi connectivity index (χ1v) is 18.0. The van der Waals surface area contributed by atoms with Gasteiger partial charge in [0.15, 0.2) is 5.60 Å². The average Bonchev–Trinajstić information content (AvgIpc) is 3.65. The van der Waals surface area contributed by atoms with Crippen molar-refractivity contribution in [3.8, 4) is 28.7 Å². The number of fused-ring (bicyclic) bond motifs is 1. The first-order valence-electron chi connectivity index (χ1n) is 17.2. The summed E-state index contributed by atoms with van der Waals surface area (Å²) in [4.78, 5) is 26.1. The number of nitrogens with one attached hydrogen (secondary N) is 1. The largest absolute Gasteiger partial charge is 0.488 e. The smallest absolute Gasteiger partial charge is 0.323 e. The number of aliphatic carboxylic acids is 1. The van der Waals surface area contributed by atoms with Crippen LogP contribution in [0.3, 0.4) is 0 Å². The molecule has 0 spiro atoms. The van der Waals surface area contributed by atoms with E-state index in [2.05, 4.69) is 15.6 Å². The Kier molecular flexibility index (Phi) is 12.3. The molecule has 280 valence electrons. The summed E-state index contributed by atoms with van der Waals surface area (Å²) < 4.78 is 17.1. The number of aliphatic hydroxyl groups excluding tert-OH is 1. The fraction of sp³-hybridized carbons (Fsp3) is 0.308. The van der Waals surface area contributed by atoms with Gasteiger partial charge in [-0.25, -0.2) is 4.63 Å². The summed E-state index contributed by atoms with van der Waals surface area (Å²) in [5, 5.41) is 49.5. The minimum Gasteiger partial charge on any atom is -0.488 e. The second-order valence-electron chi connectivity index (χ2n) is 13.0. The Balaban J connectivity index is 1.15. The van der Waals surface area contributed by atoms with Crippen LogP contribution in [0.2, 0.25) is 10.0 Å². The Morgan fingerprint density at radius 1 is 0.944 bits per heavy atom. The highest BCUT2D eigenvalue weighted by molar-refractivity contribution is 6.34. The van der Waals surface area contributed by atoms with Crippen molar-refractivity contribution < 1.29 is 39.0 Å². The number of carboxylic acids is 1. The van der Waals surface area contributed by atoms with E-state index in [9.17, 15) is 24.9 Å². The van der Waals surface area contributed by atoms with Crippen LogP contribution in [0.4, 0.5) is 0 Å². The molecular weight excluding hydrogens is 737 g/mol. The summed E-state index contributed by atoms with van der Waals surface area (Å²) in [6.07, 6.45) is 1.30. The molecular formula is C39H37Cl2N5O8. The number of hydrogen-bond acceptors (Lipinski definition) is 11. The molecule has 4 N–H and O–H groups in total. The third kappa shape index (κ3) is 9.28. The highest BCUT2D eigenvalue weighted by Crippen LogP contribution is 2.36. The zero-order chi connectivity index (χ0) is 38.2. The lowest BCUT2D eigenvalue weighted by molar-refractivity contribution is -0.140. The van der Waals surface area contributed by atoms with Gasteiger partial charge in [-0.05, 0) is 51.6 Å². The highest BCUT2D eigenvalue weighted by atomic mass is 35.5. The van der Waals surface area contributed by atoms with E-state index in [0.29, 0.717) is 64.6 Å². The predicted molar refractivity (Wildman–Crippen MR) is 199 cm³/mol. The molecule has 2 heterocycles. The molecule has 1 fully saturated rings. The van der Waals surface area contributed by atoms with Gasteiger partial charge in [-0.1, -0.05) is 71.7 Å². The van der Waals surface area contributed by atoms with Crippen LogP contribution in [0.5, 0.6) is 11.5 Å². The molecule has 4 aromatic carbocycles. The number of ether oxygens (including phenoxy) is 2. The number of carboxylic acid groups (broad SMARTS) is 1. The zero-order valence-corrected chi connectivity index (χ0v) is 30.5. The number of benzene rings is 4. The number of likely N-dealkylation sites (tertiary alicyclic amines) is 1. The number of piperidine rings is 1. The van der Waals surface area contributed by atoms with Gasteiger partial charge in [0.1, 0.15) is 41.8 Å². The number of aromatic nitrogens is 2. The number of carbonyl (C=O) groups excluding carboxylic acids is 1. The molecule has 1 atom stereocenters. The van der Waals surface area contributed by atoms with Gasteiger partial charge in [0.25, 0.3) is 0 Å². The molecule has 1 aromatic heterocycles. The van der Waals surface area contributed by atoms with Gasteiger partial charge in [-0.3, -0.25) is 14.9 Å². The van der Waals surface area contributed by atoms with Crippen molar-refractivity contribution in [3.05, 3.63) is 105 Å². The average molecular weight is 775 g/mol. The van der Waals surface area contributed by atoms with E-state index in [0.717, 1.165) is 22.3 Å². The lowest BCUT2D eigenvalue weighted by atomic mass is 9.93. The van der Waals surface area contributed by atoms with Gasteiger partial charge < -0.3 is 29.7 Å². The molecule has 6 rings (SSSR count). The van der Waals surface area contributed by atoms with Gasteiger partial charge in [0.05, 0.1) is 22.7 Å². The standard InChI is InChI=1S/C39H37Cl2N5O8/c40-30-17-28(19-43-33(20-47)38(49)50)34(52-21-25-7-9-31-32(16-25)45-54-44-31)18-35(30)53-22-27-5-2-6-29(37(27)41)26-4-1-3-24(15-26)8-10-36(48)46-13-11-39(51,23-42)12-14-46/h1-7,9,15-18,33,43,47,51H,8,10-14,19-22H2,(H,49,50)/t33-/m1/s1. The number of aryl methyl sites for hydroxylation is 1. The Labute approximate surface area is 320 Å². The summed E-state index contributed by atoms with van der Waals surface area (Å²) in [6, 6.07) is 22.8. The van der Waals surface area contributed by atoms with Crippen LogP contribution in [0, 0.1) is 11.3 Å². The van der Waals surface area contributed by atoms with Gasteiger partial charge >= 0.3 is 5.97 Å². The van der Waals surface area contributed by atoms with Crippen LogP contribution in [0.1, 0.15) is 41.5 Å². The fourth-order valence-corrected chi connectivity index (χ4v) is 6.64. The minimum atomic E-state index is -1.36. The minimum absolute atomic E-state index is 0.0192. The second kappa shape index (κ2) is 17.3. The van der Waals surface area contributed by atoms with Crippen LogP contribution < -0.4 is 14.8 Å². The van der Waals surface area contributed by atoms with E-state index in [1.165, 1.54) is 0 Å². The van der Waals surface area contributed by atoms with Crippen molar-refractivity contribution >= 4 is 46.1 Å². The van der Waals surface area contributed by atoms with Crippen LogP contribution in [0.15, 0.2) is 77.4 Å². The Morgan fingerprint density at radius 3 is 2.46 bits per heavy atom. The van der Waals surface area contributed by atoms with Crippen molar-refractivity contribution in [1.82, 2.24) is 20.5 Å². The van der Waals surface area contributed by atoms with E-state index >= 15 is 0 Å². The highest BCUT2D eigenvalue weighted by Gasteiger charge is 2.33. The maximum Gasteiger partial charge on any atom is 0.323 e. The number of amides is 1. The van der Waals surface area contributed by atoms with Crippen LogP contribution in [-0.4, -0.2) is 73.7 Å². The van der Waals surface area contributed by atoms with Crippen molar-refractivity contribution in [2.75, 3.05) is 19.7 Å². The Bertz CT molecular complexity index is 2180. The quantitative estimate of drug-likeness (QED) is 0.0951. The fourth-order valence-electron chi connectivity index (χ4n) is 6.11. The Morgan fingerprint density at radius 2 is 1.70 bits per heavy atom. The lowest BCUT2D eigenvalue weighted by Crippen LogP contribution is -2.46. The van der Waals surface area contributed by atoms with Crippen molar-refractivity contribution in [3.63, 3.8) is 0 Å². The summed E-state index contributed by atoms with van der Waals surface area (Å²) in [5.74, 6) is -0.536. The van der Waals surface area contributed by atoms with Gasteiger partial charge in [-0.2, -0.15) is 5.26 Å². The van der Waals surface area contributed by atoms with E-state index in [1.807, 2.05) is 54.6 Å². The van der Waals surface area contributed by atoms with Gasteiger partial charge in [-0.15, -0.1) is 0 Å². The lowest BCUT2D eigenvalue weighted by Gasteiger charge is -2.34. The van der Waals surface area contributed by atoms with Crippen molar-refractivity contribution in [1.29, 1.82) is 5.26 Å². The number of hydrogen-bond donors (Lipinski definition) is 4. The van der Waals surface area contributed by atoms with Crippen LogP contribution in [-0.2, 0) is 35.8 Å². The maximum atomic E-state index is 12.9. The monoisotopic (exact) mass is 773 g/mol. The summed E-state index contributed by atoms with van der Waals surface area (Å²) in [7, 11) is 0. The number of nitrogens with zero attached hydrogens (tertiary/aromatic N) is 4. The molecule has 0 saturated carbocycles. The topological polar surface area (TPSA) is 191 Å². The maximum absolute atomic E-state index is 12.9. The van der Waals surface area contributed by atoms with Crippen LogP contribution in [0.25, 0.3) is 22.2 Å². The van der Waals surface area contributed by atoms with Gasteiger partial charge in [0.2, 0.25) is 5.91 Å². The zero-order valence-electron chi connectivity index (χ0n) is 29.0. The predicted octanol–water partition coefficient (Wildman–Crippen LogP) is 5.70. The SMILES string of the molecule is N#CC1(O)CCN(C(=O)CCc2cccc(-c3cccc(COc4cc(OCc5ccc6nonc6c5)c(CN[C@H](CO)C(=O)O)cc4Cl)c3Cl)c2)CC1. The first-order chi connectivity index (χ1) is 26.1. The van der Waals surface area contributed by atoms with E-state index in [-0.39, 0.29) is 43.5 Å². The molecule has 0 radical (unpaired) electrons. The second-order valence-corrected chi connectivity index (χ2v) is 13.8. The third-order valence-corrected chi connectivity index (χ3v) is 10.1. The number of aliphatic hydroxyl groups is 2. The molecule has 0 aliphatic carbocycles. The Hall–Kier alpha value is -5.23. The molecule has 1 aliphatic rings. The number of rotatable bonds is 15.